The fourth-order valence-corrected chi connectivity index (χ4v) is 2.89. The van der Waals surface area contributed by atoms with Gasteiger partial charge >= 0.3 is 5.97 Å². The number of aryl methyl sites for hydroxylation is 1. The Morgan fingerprint density at radius 3 is 2.31 bits per heavy atom. The molecule has 0 saturated heterocycles. The number of para-hydroxylation sites is 1. The number of hydrogen-bond donors (Lipinski definition) is 2. The van der Waals surface area contributed by atoms with Crippen LogP contribution >= 0.6 is 0 Å². The number of carboxylic acids is 1. The van der Waals surface area contributed by atoms with Gasteiger partial charge in [0.2, 0.25) is 6.10 Å². The Bertz CT molecular complexity index is 1020. The van der Waals surface area contributed by atoms with Crippen molar-refractivity contribution in [2.45, 2.75) is 13.0 Å². The van der Waals surface area contributed by atoms with Gasteiger partial charge in [-0.1, -0.05) is 48.5 Å². The topological polar surface area (TPSA) is 84.9 Å². The Morgan fingerprint density at radius 2 is 1.62 bits per heavy atom. The van der Waals surface area contributed by atoms with Gasteiger partial charge in [-0.05, 0) is 36.8 Å². The van der Waals surface area contributed by atoms with Crippen molar-refractivity contribution >= 4 is 17.6 Å². The highest BCUT2D eigenvalue weighted by atomic mass is 16.5. The van der Waals surface area contributed by atoms with Gasteiger partial charge in [0.15, 0.2) is 0 Å². The van der Waals surface area contributed by atoms with E-state index in [4.69, 9.17) is 9.47 Å². The van der Waals surface area contributed by atoms with Gasteiger partial charge in [0.25, 0.3) is 5.91 Å². The zero-order valence-corrected chi connectivity index (χ0v) is 16.1. The molecule has 0 heterocycles. The maximum atomic E-state index is 13.1. The van der Waals surface area contributed by atoms with Crippen molar-refractivity contribution in [1.82, 2.24) is 0 Å². The lowest BCUT2D eigenvalue weighted by Crippen LogP contribution is -2.26. The van der Waals surface area contributed by atoms with Crippen LogP contribution in [0.3, 0.4) is 0 Å². The molecule has 29 heavy (non-hydrogen) atoms. The van der Waals surface area contributed by atoms with Gasteiger partial charge in [-0.25, -0.2) is 4.79 Å². The van der Waals surface area contributed by atoms with Gasteiger partial charge in [0.1, 0.15) is 17.1 Å². The molecule has 3 aromatic rings. The number of anilines is 1. The van der Waals surface area contributed by atoms with E-state index < -0.39 is 18.0 Å². The van der Waals surface area contributed by atoms with E-state index in [1.54, 1.807) is 48.5 Å². The first-order valence-corrected chi connectivity index (χ1v) is 8.99. The Morgan fingerprint density at radius 1 is 0.931 bits per heavy atom. The minimum absolute atomic E-state index is 0.0191. The summed E-state index contributed by atoms with van der Waals surface area (Å²) >= 11 is 0. The van der Waals surface area contributed by atoms with E-state index >= 15 is 0 Å². The summed E-state index contributed by atoms with van der Waals surface area (Å²) in [6.07, 6.45) is -1.05. The Balaban J connectivity index is 1.96. The number of ether oxygens (including phenoxy) is 2. The highest BCUT2D eigenvalue weighted by molar-refractivity contribution is 5.97. The Labute approximate surface area is 168 Å². The summed E-state index contributed by atoms with van der Waals surface area (Å²) in [4.78, 5) is 24.7. The molecule has 6 heteroatoms. The molecule has 6 nitrogen and oxygen atoms in total. The summed E-state index contributed by atoms with van der Waals surface area (Å²) in [5.74, 6) is -0.949. The van der Waals surface area contributed by atoms with Crippen LogP contribution in [-0.4, -0.2) is 24.1 Å². The van der Waals surface area contributed by atoms with Crippen molar-refractivity contribution in [3.63, 3.8) is 0 Å². The molecule has 1 atom stereocenters. The lowest BCUT2D eigenvalue weighted by molar-refractivity contribution is -0.123. The number of methoxy groups -OCH3 is 1. The summed E-state index contributed by atoms with van der Waals surface area (Å²) in [7, 11) is 1.52. The van der Waals surface area contributed by atoms with Crippen LogP contribution in [0.4, 0.5) is 5.69 Å². The number of amides is 1. The van der Waals surface area contributed by atoms with Crippen LogP contribution in [-0.2, 0) is 4.79 Å². The van der Waals surface area contributed by atoms with E-state index in [0.29, 0.717) is 17.0 Å². The number of hydrogen-bond acceptors (Lipinski definition) is 4. The van der Waals surface area contributed by atoms with Crippen LogP contribution in [0, 0.1) is 6.92 Å². The molecule has 3 rings (SSSR count). The van der Waals surface area contributed by atoms with Crippen LogP contribution in [0.2, 0.25) is 0 Å². The first-order valence-electron chi connectivity index (χ1n) is 8.99. The largest absolute Gasteiger partial charge is 0.495 e. The van der Waals surface area contributed by atoms with E-state index in [0.717, 1.165) is 5.56 Å². The van der Waals surface area contributed by atoms with Crippen LogP contribution in [0.15, 0.2) is 72.8 Å². The van der Waals surface area contributed by atoms with E-state index in [9.17, 15) is 14.7 Å². The normalized spacial score (nSPS) is 11.4. The van der Waals surface area contributed by atoms with E-state index in [1.807, 2.05) is 19.1 Å². The van der Waals surface area contributed by atoms with Crippen molar-refractivity contribution in [3.05, 3.63) is 89.5 Å². The third-order valence-corrected chi connectivity index (χ3v) is 4.32. The SMILES string of the molecule is COc1ccc(C)cc1NC(=O)C(Oc1ccccc1C(=O)O)c1ccccc1. The van der Waals surface area contributed by atoms with Gasteiger partial charge in [-0.15, -0.1) is 0 Å². The van der Waals surface area contributed by atoms with Crippen LogP contribution in [0.5, 0.6) is 11.5 Å². The predicted octanol–water partition coefficient (Wildman–Crippen LogP) is 4.46. The molecule has 0 aliphatic heterocycles. The average Bonchev–Trinajstić information content (AvgIpc) is 2.73. The summed E-state index contributed by atoms with van der Waals surface area (Å²) in [5, 5.41) is 12.3. The molecular weight excluding hydrogens is 370 g/mol. The standard InChI is InChI=1S/C23H21NO5/c1-15-12-13-20(28-2)18(14-15)24-22(25)21(16-8-4-3-5-9-16)29-19-11-7-6-10-17(19)23(26)27/h3-14,21H,1-2H3,(H,24,25)(H,26,27). The minimum atomic E-state index is -1.13. The maximum Gasteiger partial charge on any atom is 0.339 e. The minimum Gasteiger partial charge on any atom is -0.495 e. The monoisotopic (exact) mass is 391 g/mol. The smallest absolute Gasteiger partial charge is 0.339 e. The van der Waals surface area contributed by atoms with Crippen molar-refractivity contribution in [3.8, 4) is 11.5 Å². The maximum absolute atomic E-state index is 13.1. The van der Waals surface area contributed by atoms with Gasteiger partial charge < -0.3 is 19.9 Å². The van der Waals surface area contributed by atoms with Crippen LogP contribution < -0.4 is 14.8 Å². The number of carbonyl (C=O) groups excluding carboxylic acids is 1. The van der Waals surface area contributed by atoms with E-state index in [2.05, 4.69) is 5.32 Å². The zero-order valence-electron chi connectivity index (χ0n) is 16.1. The van der Waals surface area contributed by atoms with Gasteiger partial charge in [0, 0.05) is 5.56 Å². The fourth-order valence-electron chi connectivity index (χ4n) is 2.89. The number of nitrogens with one attached hydrogen (secondary N) is 1. The molecule has 0 radical (unpaired) electrons. The third-order valence-electron chi connectivity index (χ3n) is 4.32. The number of benzene rings is 3. The van der Waals surface area contributed by atoms with Crippen molar-refractivity contribution < 1.29 is 24.2 Å². The van der Waals surface area contributed by atoms with Crippen molar-refractivity contribution in [1.29, 1.82) is 0 Å². The molecule has 0 aromatic heterocycles. The number of carboxylic acid groups (broad SMARTS) is 1. The molecule has 1 amide bonds. The molecule has 2 N–H and O–H groups in total. The first kappa shape index (κ1) is 19.9. The van der Waals surface area contributed by atoms with E-state index in [-0.39, 0.29) is 11.3 Å². The van der Waals surface area contributed by atoms with E-state index in [1.165, 1.54) is 19.2 Å². The third kappa shape index (κ3) is 4.73. The lowest BCUT2D eigenvalue weighted by atomic mass is 10.1. The van der Waals surface area contributed by atoms with Gasteiger partial charge in [-0.3, -0.25) is 4.79 Å². The zero-order chi connectivity index (χ0) is 20.8. The summed E-state index contributed by atoms with van der Waals surface area (Å²) in [5.41, 5.74) is 2.04. The molecule has 1 unspecified atom stereocenters. The quantitative estimate of drug-likeness (QED) is 0.621. The molecular formula is C23H21NO5. The summed E-state index contributed by atoms with van der Waals surface area (Å²) < 4.78 is 11.2. The van der Waals surface area contributed by atoms with Crippen molar-refractivity contribution in [2.24, 2.45) is 0 Å². The molecule has 0 aliphatic carbocycles. The highest BCUT2D eigenvalue weighted by Crippen LogP contribution is 2.30. The number of carbonyl (C=O) groups is 2. The summed E-state index contributed by atoms with van der Waals surface area (Å²) in [6.45, 7) is 1.91. The Hall–Kier alpha value is -3.80. The molecule has 148 valence electrons. The van der Waals surface area contributed by atoms with Crippen LogP contribution in [0.25, 0.3) is 0 Å². The second kappa shape index (κ2) is 8.93. The molecule has 0 bridgehead atoms. The molecule has 0 spiro atoms. The van der Waals surface area contributed by atoms with Gasteiger partial charge in [0.05, 0.1) is 12.8 Å². The Kier molecular flexibility index (Phi) is 6.14. The molecule has 0 fully saturated rings. The molecule has 0 aliphatic rings. The van der Waals surface area contributed by atoms with Crippen LogP contribution in [0.1, 0.15) is 27.6 Å². The second-order valence-electron chi connectivity index (χ2n) is 6.40. The molecule has 3 aromatic carbocycles. The average molecular weight is 391 g/mol. The van der Waals surface area contributed by atoms with Gasteiger partial charge in [-0.2, -0.15) is 0 Å². The lowest BCUT2D eigenvalue weighted by Gasteiger charge is -2.21. The predicted molar refractivity (Wildman–Crippen MR) is 110 cm³/mol. The second-order valence-corrected chi connectivity index (χ2v) is 6.40. The summed E-state index contributed by atoms with van der Waals surface area (Å²) in [6, 6.07) is 20.6. The fraction of sp³-hybridized carbons (Fsp3) is 0.130. The molecule has 0 saturated carbocycles. The van der Waals surface area contributed by atoms with Crippen molar-refractivity contribution in [2.75, 3.05) is 12.4 Å². The number of rotatable bonds is 7. The highest BCUT2D eigenvalue weighted by Gasteiger charge is 2.25. The first-order chi connectivity index (χ1) is 14.0. The number of aromatic carboxylic acids is 1.